The largest absolute Gasteiger partial charge is 0.330 e. The van der Waals surface area contributed by atoms with Gasteiger partial charge in [-0.1, -0.05) is 50.2 Å². The average Bonchev–Trinajstić information content (AvgIpc) is 3.25. The molecule has 37 heavy (non-hydrogen) atoms. The maximum absolute atomic E-state index is 14.4. The van der Waals surface area contributed by atoms with Crippen molar-refractivity contribution in [3.63, 3.8) is 0 Å². The third-order valence-corrected chi connectivity index (χ3v) is 7.33. The van der Waals surface area contributed by atoms with Crippen molar-refractivity contribution in [3.05, 3.63) is 92.9 Å². The summed E-state index contributed by atoms with van der Waals surface area (Å²) in [6.07, 6.45) is 0.550. The van der Waals surface area contributed by atoms with Gasteiger partial charge in [-0.3, -0.25) is 14.2 Å². The molecule has 0 aliphatic heterocycles. The number of rotatable bonds is 9. The van der Waals surface area contributed by atoms with Gasteiger partial charge in [0, 0.05) is 12.1 Å². The highest BCUT2D eigenvalue weighted by Gasteiger charge is 2.33. The van der Waals surface area contributed by atoms with Crippen LogP contribution in [0.4, 0.5) is 4.39 Å². The molecule has 0 radical (unpaired) electrons. The van der Waals surface area contributed by atoms with Crippen LogP contribution in [-0.4, -0.2) is 37.8 Å². The van der Waals surface area contributed by atoms with E-state index in [1.165, 1.54) is 17.6 Å². The summed E-state index contributed by atoms with van der Waals surface area (Å²) in [4.78, 5) is 34.8. The van der Waals surface area contributed by atoms with E-state index in [1.54, 1.807) is 35.4 Å². The minimum atomic E-state index is -0.549. The van der Waals surface area contributed by atoms with E-state index in [-0.39, 0.29) is 22.9 Å². The molecule has 0 saturated carbocycles. The van der Waals surface area contributed by atoms with E-state index < -0.39 is 11.9 Å². The van der Waals surface area contributed by atoms with Crippen LogP contribution in [0.1, 0.15) is 59.3 Å². The Morgan fingerprint density at radius 1 is 1.16 bits per heavy atom. The lowest BCUT2D eigenvalue weighted by Gasteiger charge is -2.35. The summed E-state index contributed by atoms with van der Waals surface area (Å²) < 4.78 is 20.4. The number of nitrogens with two attached hydrogens (primary N) is 1. The Hall–Kier alpha value is -3.43. The van der Waals surface area contributed by atoms with Crippen molar-refractivity contribution in [1.82, 2.24) is 18.8 Å². The van der Waals surface area contributed by atoms with Crippen LogP contribution in [0.3, 0.4) is 0 Å². The van der Waals surface area contributed by atoms with Crippen molar-refractivity contribution in [2.24, 2.45) is 11.7 Å². The van der Waals surface area contributed by atoms with E-state index in [1.807, 2.05) is 44.2 Å². The Labute approximate surface area is 219 Å². The van der Waals surface area contributed by atoms with E-state index in [4.69, 9.17) is 10.7 Å². The van der Waals surface area contributed by atoms with Crippen LogP contribution in [0.2, 0.25) is 0 Å². The minimum Gasteiger partial charge on any atom is -0.330 e. The van der Waals surface area contributed by atoms with Crippen LogP contribution in [-0.2, 0) is 6.54 Å². The van der Waals surface area contributed by atoms with E-state index >= 15 is 0 Å². The summed E-state index contributed by atoms with van der Waals surface area (Å²) >= 11 is 1.18. The number of hydrogen-bond donors (Lipinski definition) is 1. The fraction of sp³-hybridized carbons (Fsp3) is 0.357. The lowest BCUT2D eigenvalue weighted by molar-refractivity contribution is 0.0602. The Morgan fingerprint density at radius 3 is 2.54 bits per heavy atom. The Balaban J connectivity index is 1.91. The summed E-state index contributed by atoms with van der Waals surface area (Å²) in [7, 11) is 0. The summed E-state index contributed by atoms with van der Waals surface area (Å²) in [6.45, 7) is 8.47. The van der Waals surface area contributed by atoms with Gasteiger partial charge in [0.25, 0.3) is 11.5 Å². The Morgan fingerprint density at radius 2 is 1.89 bits per heavy atom. The van der Waals surface area contributed by atoms with Crippen LogP contribution in [0.5, 0.6) is 0 Å². The smallest absolute Gasteiger partial charge is 0.264 e. The first-order valence-electron chi connectivity index (χ1n) is 12.4. The molecule has 2 N–H and O–H groups in total. The standard InChI is InChI=1S/C28H32FN5O2S/c1-17(2)24(33(14-8-13-30)27(35)21-12-11-18(3)22(29)15-21)25-31-26-23(19(4)32-37-26)28(36)34(25)16-20-9-6-5-7-10-20/h5-7,9-12,15,17,24H,8,13-14,16,30H2,1-4H3. The number of fused-ring (bicyclic) bond motifs is 1. The third kappa shape index (κ3) is 5.47. The summed E-state index contributed by atoms with van der Waals surface area (Å²) in [5, 5.41) is 0.493. The van der Waals surface area contributed by atoms with Crippen molar-refractivity contribution in [2.45, 2.75) is 46.7 Å². The highest BCUT2D eigenvalue weighted by Crippen LogP contribution is 2.31. The Bertz CT molecular complexity index is 1460. The lowest BCUT2D eigenvalue weighted by atomic mass is 9.98. The minimum absolute atomic E-state index is 0.0996. The molecule has 2 aromatic heterocycles. The molecule has 194 valence electrons. The predicted octanol–water partition coefficient (Wildman–Crippen LogP) is 4.85. The maximum atomic E-state index is 14.4. The zero-order valence-corrected chi connectivity index (χ0v) is 22.4. The van der Waals surface area contributed by atoms with Crippen LogP contribution >= 0.6 is 11.5 Å². The molecule has 1 unspecified atom stereocenters. The van der Waals surface area contributed by atoms with Gasteiger partial charge in [0.05, 0.1) is 23.7 Å². The van der Waals surface area contributed by atoms with Crippen LogP contribution in [0, 0.1) is 25.6 Å². The number of aryl methyl sites for hydroxylation is 2. The number of carbonyl (C=O) groups is 1. The summed E-state index contributed by atoms with van der Waals surface area (Å²) in [5.41, 5.74) is 7.94. The van der Waals surface area contributed by atoms with Crippen molar-refractivity contribution in [3.8, 4) is 0 Å². The highest BCUT2D eigenvalue weighted by atomic mass is 32.1. The molecule has 0 spiro atoms. The maximum Gasteiger partial charge on any atom is 0.264 e. The second-order valence-electron chi connectivity index (χ2n) is 9.59. The van der Waals surface area contributed by atoms with Crippen LogP contribution in [0.15, 0.2) is 53.3 Å². The van der Waals surface area contributed by atoms with Crippen LogP contribution in [0.25, 0.3) is 10.2 Å². The molecule has 9 heteroatoms. The summed E-state index contributed by atoms with van der Waals surface area (Å²) in [6, 6.07) is 13.6. The number of hydrogen-bond acceptors (Lipinski definition) is 6. The van der Waals surface area contributed by atoms with Gasteiger partial charge in [0.2, 0.25) is 0 Å². The van der Waals surface area contributed by atoms with E-state index in [0.717, 1.165) is 5.56 Å². The fourth-order valence-corrected chi connectivity index (χ4v) is 5.32. The first kappa shape index (κ1) is 26.6. The van der Waals surface area contributed by atoms with Crippen molar-refractivity contribution in [1.29, 1.82) is 0 Å². The monoisotopic (exact) mass is 521 g/mol. The third-order valence-electron chi connectivity index (χ3n) is 6.49. The Kier molecular flexibility index (Phi) is 8.14. The van der Waals surface area contributed by atoms with Gasteiger partial charge in [-0.2, -0.15) is 4.37 Å². The average molecular weight is 522 g/mol. The molecule has 0 aliphatic rings. The highest BCUT2D eigenvalue weighted by molar-refractivity contribution is 7.12. The topological polar surface area (TPSA) is 94.1 Å². The van der Waals surface area contributed by atoms with Gasteiger partial charge < -0.3 is 10.6 Å². The van der Waals surface area contributed by atoms with Gasteiger partial charge in [-0.15, -0.1) is 0 Å². The number of amides is 1. The fourth-order valence-electron chi connectivity index (χ4n) is 4.55. The number of halogens is 1. The molecule has 0 bridgehead atoms. The predicted molar refractivity (Wildman–Crippen MR) is 145 cm³/mol. The number of carbonyl (C=O) groups excluding carboxylic acids is 1. The van der Waals surface area contributed by atoms with Gasteiger partial charge in [0.15, 0.2) is 4.83 Å². The molecule has 7 nitrogen and oxygen atoms in total. The van der Waals surface area contributed by atoms with Gasteiger partial charge in [-0.25, -0.2) is 9.37 Å². The zero-order valence-electron chi connectivity index (χ0n) is 21.6. The molecule has 1 amide bonds. The normalized spacial score (nSPS) is 12.3. The van der Waals surface area contributed by atoms with Gasteiger partial charge in [-0.05, 0) is 67.5 Å². The second-order valence-corrected chi connectivity index (χ2v) is 10.3. The SMILES string of the molecule is Cc1ccc(C(=O)N(CCCN)C(c2nc3snc(C)c3c(=O)n2Cc2ccccc2)C(C)C)cc1F. The quantitative estimate of drug-likeness (QED) is 0.340. The molecule has 2 aromatic carbocycles. The van der Waals surface area contributed by atoms with Crippen LogP contribution < -0.4 is 11.3 Å². The van der Waals surface area contributed by atoms with E-state index in [2.05, 4.69) is 4.37 Å². The van der Waals surface area contributed by atoms with Crippen molar-refractivity contribution in [2.75, 3.05) is 13.1 Å². The van der Waals surface area contributed by atoms with Gasteiger partial charge >= 0.3 is 0 Å². The molecular formula is C28H32FN5O2S. The number of nitrogens with zero attached hydrogens (tertiary/aromatic N) is 4. The molecule has 0 aliphatic carbocycles. The molecule has 2 heterocycles. The molecule has 1 atom stereocenters. The molecule has 0 fully saturated rings. The molecule has 0 saturated heterocycles. The first-order valence-corrected chi connectivity index (χ1v) is 13.2. The second kappa shape index (κ2) is 11.3. The van der Waals surface area contributed by atoms with Gasteiger partial charge in [0.1, 0.15) is 11.6 Å². The van der Waals surface area contributed by atoms with Crippen molar-refractivity contribution < 1.29 is 9.18 Å². The molecular weight excluding hydrogens is 489 g/mol. The molecule has 4 aromatic rings. The molecule has 4 rings (SSSR count). The van der Waals surface area contributed by atoms with Crippen molar-refractivity contribution >= 4 is 27.7 Å². The number of aromatic nitrogens is 3. The van der Waals surface area contributed by atoms with E-state index in [9.17, 15) is 14.0 Å². The zero-order chi connectivity index (χ0) is 26.7. The number of benzene rings is 2. The van der Waals surface area contributed by atoms with E-state index in [0.29, 0.717) is 53.4 Å². The summed E-state index contributed by atoms with van der Waals surface area (Å²) in [5.74, 6) is -0.381. The lowest BCUT2D eigenvalue weighted by Crippen LogP contribution is -2.42. The first-order chi connectivity index (χ1) is 17.7.